The van der Waals surface area contributed by atoms with Gasteiger partial charge in [-0.15, -0.1) is 0 Å². The molecular formula is C14H14Cl2N2O2. The number of rotatable bonds is 4. The lowest BCUT2D eigenvalue weighted by Crippen LogP contribution is -2.39. The van der Waals surface area contributed by atoms with E-state index in [0.717, 1.165) is 11.0 Å². The molecule has 0 aliphatic heterocycles. The molecule has 0 aliphatic rings. The Morgan fingerprint density at radius 3 is 2.60 bits per heavy atom. The van der Waals surface area contributed by atoms with Gasteiger partial charge in [0.15, 0.2) is 0 Å². The zero-order valence-electron chi connectivity index (χ0n) is 11.0. The molecule has 0 amide bonds. The number of halogens is 2. The van der Waals surface area contributed by atoms with E-state index < -0.39 is 0 Å². The van der Waals surface area contributed by atoms with Gasteiger partial charge >= 0.3 is 5.69 Å². The van der Waals surface area contributed by atoms with Crippen molar-refractivity contribution >= 4 is 23.2 Å². The first kappa shape index (κ1) is 14.9. The number of nitrogens with zero attached hydrogens (tertiary/aromatic N) is 2. The van der Waals surface area contributed by atoms with Crippen molar-refractivity contribution in [1.82, 2.24) is 9.13 Å². The minimum absolute atomic E-state index is 0.113. The average molecular weight is 313 g/mol. The second-order valence-electron chi connectivity index (χ2n) is 4.45. The Bertz CT molecular complexity index is 735. The highest BCUT2D eigenvalue weighted by Gasteiger charge is 2.08. The van der Waals surface area contributed by atoms with Gasteiger partial charge in [0, 0.05) is 28.9 Å². The summed E-state index contributed by atoms with van der Waals surface area (Å²) in [6.45, 7) is 2.65. The lowest BCUT2D eigenvalue weighted by molar-refractivity contribution is 0.571. The first-order valence-electron chi connectivity index (χ1n) is 6.27. The highest BCUT2D eigenvalue weighted by molar-refractivity contribution is 6.33. The molecule has 2 rings (SSSR count). The first-order chi connectivity index (χ1) is 9.52. The largest absolute Gasteiger partial charge is 0.331 e. The van der Waals surface area contributed by atoms with Gasteiger partial charge in [0.2, 0.25) is 0 Å². The van der Waals surface area contributed by atoms with Gasteiger partial charge in [-0.1, -0.05) is 30.1 Å². The fourth-order valence-corrected chi connectivity index (χ4v) is 2.32. The average Bonchev–Trinajstić information content (AvgIpc) is 2.42. The van der Waals surface area contributed by atoms with Crippen LogP contribution in [-0.4, -0.2) is 9.13 Å². The lowest BCUT2D eigenvalue weighted by Gasteiger charge is -2.10. The van der Waals surface area contributed by atoms with E-state index in [1.807, 2.05) is 6.92 Å². The smallest absolute Gasteiger partial charge is 0.300 e. The Hall–Kier alpha value is -1.52. The van der Waals surface area contributed by atoms with Gasteiger partial charge in [-0.3, -0.25) is 9.36 Å². The van der Waals surface area contributed by atoms with Crippen LogP contribution in [-0.2, 0) is 13.1 Å². The lowest BCUT2D eigenvalue weighted by atomic mass is 10.2. The summed E-state index contributed by atoms with van der Waals surface area (Å²) in [6, 6.07) is 6.36. The van der Waals surface area contributed by atoms with Gasteiger partial charge in [-0.2, -0.15) is 0 Å². The number of hydrogen-bond acceptors (Lipinski definition) is 2. The molecule has 0 saturated carbocycles. The molecule has 0 aliphatic carbocycles. The highest BCUT2D eigenvalue weighted by Crippen LogP contribution is 2.20. The van der Waals surface area contributed by atoms with Crippen molar-refractivity contribution in [3.63, 3.8) is 0 Å². The molecule has 0 unspecified atom stereocenters. The van der Waals surface area contributed by atoms with E-state index in [1.54, 1.807) is 18.2 Å². The third-order valence-electron chi connectivity index (χ3n) is 2.94. The van der Waals surface area contributed by atoms with Crippen molar-refractivity contribution in [1.29, 1.82) is 0 Å². The SMILES string of the molecule is CCCn1ccc(=O)n(Cc2cc(Cl)ccc2Cl)c1=O. The Labute approximate surface area is 126 Å². The molecule has 0 radical (unpaired) electrons. The number of benzene rings is 1. The Morgan fingerprint density at radius 1 is 1.15 bits per heavy atom. The molecule has 20 heavy (non-hydrogen) atoms. The highest BCUT2D eigenvalue weighted by atomic mass is 35.5. The molecule has 0 bridgehead atoms. The van der Waals surface area contributed by atoms with Crippen molar-refractivity contribution in [3.8, 4) is 0 Å². The zero-order chi connectivity index (χ0) is 14.7. The summed E-state index contributed by atoms with van der Waals surface area (Å²) in [4.78, 5) is 24.1. The van der Waals surface area contributed by atoms with E-state index in [0.29, 0.717) is 22.2 Å². The standard InChI is InChI=1S/C14H14Cl2N2O2/c1-2-6-17-7-5-13(19)18(14(17)20)9-10-8-11(15)3-4-12(10)16/h3-5,7-8H,2,6,9H2,1H3. The first-order valence-corrected chi connectivity index (χ1v) is 7.02. The molecule has 0 N–H and O–H groups in total. The third kappa shape index (κ3) is 3.14. The van der Waals surface area contributed by atoms with E-state index in [1.165, 1.54) is 16.8 Å². The van der Waals surface area contributed by atoms with Crippen LogP contribution >= 0.6 is 23.2 Å². The van der Waals surface area contributed by atoms with E-state index in [9.17, 15) is 9.59 Å². The van der Waals surface area contributed by atoms with Crippen molar-refractivity contribution in [3.05, 3.63) is 66.9 Å². The second kappa shape index (κ2) is 6.29. The summed E-state index contributed by atoms with van der Waals surface area (Å²) in [6.07, 6.45) is 2.33. The molecule has 1 aromatic carbocycles. The van der Waals surface area contributed by atoms with E-state index >= 15 is 0 Å². The Morgan fingerprint density at radius 2 is 1.90 bits per heavy atom. The summed E-state index contributed by atoms with van der Waals surface area (Å²) in [5.74, 6) is 0. The van der Waals surface area contributed by atoms with Gasteiger partial charge in [0.05, 0.1) is 6.54 Å². The molecule has 6 heteroatoms. The Balaban J connectivity index is 2.48. The van der Waals surface area contributed by atoms with E-state index in [4.69, 9.17) is 23.2 Å². The number of hydrogen-bond donors (Lipinski definition) is 0. The summed E-state index contributed by atoms with van der Waals surface area (Å²) >= 11 is 12.0. The summed E-state index contributed by atoms with van der Waals surface area (Å²) in [5.41, 5.74) is -0.0404. The monoisotopic (exact) mass is 312 g/mol. The van der Waals surface area contributed by atoms with Crippen LogP contribution in [0.15, 0.2) is 40.1 Å². The fourth-order valence-electron chi connectivity index (χ4n) is 1.95. The molecule has 0 atom stereocenters. The summed E-state index contributed by atoms with van der Waals surface area (Å²) in [5, 5.41) is 0.994. The number of aromatic nitrogens is 2. The molecule has 1 heterocycles. The molecule has 1 aromatic heterocycles. The maximum Gasteiger partial charge on any atom is 0.331 e. The minimum atomic E-state index is -0.349. The van der Waals surface area contributed by atoms with Gasteiger partial charge < -0.3 is 4.57 Å². The van der Waals surface area contributed by atoms with Gasteiger partial charge in [-0.05, 0) is 30.2 Å². The molecule has 4 nitrogen and oxygen atoms in total. The van der Waals surface area contributed by atoms with E-state index in [-0.39, 0.29) is 17.8 Å². The van der Waals surface area contributed by atoms with Crippen molar-refractivity contribution in [2.24, 2.45) is 0 Å². The summed E-state index contributed by atoms with van der Waals surface area (Å²) in [7, 11) is 0. The molecule has 0 fully saturated rings. The van der Waals surface area contributed by atoms with Gasteiger partial charge in [0.1, 0.15) is 0 Å². The molecule has 2 aromatic rings. The van der Waals surface area contributed by atoms with Crippen LogP contribution in [0.3, 0.4) is 0 Å². The van der Waals surface area contributed by atoms with Crippen LogP contribution in [0.1, 0.15) is 18.9 Å². The van der Waals surface area contributed by atoms with Crippen LogP contribution in [0, 0.1) is 0 Å². The fraction of sp³-hybridized carbons (Fsp3) is 0.286. The zero-order valence-corrected chi connectivity index (χ0v) is 12.5. The van der Waals surface area contributed by atoms with Gasteiger partial charge in [-0.25, -0.2) is 4.79 Å². The normalized spacial score (nSPS) is 10.8. The van der Waals surface area contributed by atoms with Gasteiger partial charge in [0.25, 0.3) is 5.56 Å². The second-order valence-corrected chi connectivity index (χ2v) is 5.30. The maximum atomic E-state index is 12.2. The van der Waals surface area contributed by atoms with Crippen LogP contribution in [0.5, 0.6) is 0 Å². The van der Waals surface area contributed by atoms with Crippen LogP contribution in [0.4, 0.5) is 0 Å². The van der Waals surface area contributed by atoms with Crippen molar-refractivity contribution in [2.45, 2.75) is 26.4 Å². The van der Waals surface area contributed by atoms with Crippen LogP contribution in [0.2, 0.25) is 10.0 Å². The van der Waals surface area contributed by atoms with Crippen molar-refractivity contribution < 1.29 is 0 Å². The molecule has 106 valence electrons. The quantitative estimate of drug-likeness (QED) is 0.871. The predicted octanol–water partition coefficient (Wildman–Crippen LogP) is 2.78. The molecule has 0 saturated heterocycles. The van der Waals surface area contributed by atoms with E-state index in [2.05, 4.69) is 0 Å². The van der Waals surface area contributed by atoms with Crippen LogP contribution in [0.25, 0.3) is 0 Å². The summed E-state index contributed by atoms with van der Waals surface area (Å²) < 4.78 is 2.67. The molecular weight excluding hydrogens is 299 g/mol. The van der Waals surface area contributed by atoms with Crippen molar-refractivity contribution in [2.75, 3.05) is 0 Å². The maximum absolute atomic E-state index is 12.2. The third-order valence-corrected chi connectivity index (χ3v) is 3.54. The van der Waals surface area contributed by atoms with Crippen LogP contribution < -0.4 is 11.2 Å². The predicted molar refractivity (Wildman–Crippen MR) is 80.8 cm³/mol. The number of aryl methyl sites for hydroxylation is 1. The topological polar surface area (TPSA) is 44.0 Å². The molecule has 0 spiro atoms. The Kier molecular flexibility index (Phi) is 4.68. The minimum Gasteiger partial charge on any atom is -0.300 e.